The summed E-state index contributed by atoms with van der Waals surface area (Å²) in [7, 11) is 0. The van der Waals surface area contributed by atoms with Gasteiger partial charge in [-0.15, -0.1) is 11.3 Å². The summed E-state index contributed by atoms with van der Waals surface area (Å²) in [6.45, 7) is 3.71. The number of fused-ring (bicyclic) bond motifs is 6. The van der Waals surface area contributed by atoms with Crippen LogP contribution in [-0.4, -0.2) is 39.3 Å². The third kappa shape index (κ3) is 7.59. The Bertz CT molecular complexity index is 1510. The first-order valence-corrected chi connectivity index (χ1v) is 21.4. The maximum absolute atomic E-state index is 15.1. The number of nitrogens with zero attached hydrogens (tertiary/aromatic N) is 1. The molecule has 1 aromatic heterocycles. The van der Waals surface area contributed by atoms with E-state index in [1.165, 1.54) is 63.0 Å². The van der Waals surface area contributed by atoms with Crippen LogP contribution in [0.1, 0.15) is 136 Å². The van der Waals surface area contributed by atoms with Crippen LogP contribution in [0.15, 0.2) is 40.3 Å². The van der Waals surface area contributed by atoms with Crippen LogP contribution in [0, 0.1) is 34.5 Å². The lowest BCUT2D eigenvalue weighted by atomic mass is 9.43. The Hall–Kier alpha value is -1.52. The number of thioether (sulfide) groups is 1. The standard InChI is InChI=1S/C41H56F5NO2S2/c1-37-22-19-30(48)27-29(37)26-28(35-31(37)20-23-38(2)32(35)21-24-39(38,49)40(42,43)41(44,45)46)16-12-10-8-6-4-3-5-7-9-11-15-25-50-36-47-33-17-13-14-18-34(33)51-36/h13-14,17-18,27-28,31-32,35,49H,3-12,15-16,19-26H2,1-2H3/t28-,31+,32+,35-,37+,38+,39+/m1/s1. The molecular formula is C41H56F5NO2S2. The molecule has 4 aliphatic carbocycles. The molecule has 51 heavy (non-hydrogen) atoms. The van der Waals surface area contributed by atoms with E-state index < -0.39 is 35.5 Å². The van der Waals surface area contributed by atoms with Gasteiger partial charge in [-0.3, -0.25) is 4.79 Å². The second kappa shape index (κ2) is 15.7. The first kappa shape index (κ1) is 39.2. The molecule has 0 unspecified atom stereocenters. The number of aliphatic hydroxyl groups is 1. The van der Waals surface area contributed by atoms with E-state index in [0.717, 1.165) is 46.9 Å². The van der Waals surface area contributed by atoms with E-state index in [9.17, 15) is 23.1 Å². The average Bonchev–Trinajstić information content (AvgIpc) is 3.63. The second-order valence-corrected chi connectivity index (χ2v) is 19.1. The number of alkyl halides is 5. The van der Waals surface area contributed by atoms with E-state index in [1.807, 2.05) is 23.9 Å². The van der Waals surface area contributed by atoms with Gasteiger partial charge in [0.15, 0.2) is 10.1 Å². The van der Waals surface area contributed by atoms with Crippen molar-refractivity contribution in [2.75, 3.05) is 5.75 Å². The monoisotopic (exact) mass is 753 g/mol. The lowest BCUT2D eigenvalue weighted by molar-refractivity contribution is -0.364. The topological polar surface area (TPSA) is 50.2 Å². The molecule has 0 aliphatic heterocycles. The Morgan fingerprint density at radius 2 is 1.49 bits per heavy atom. The molecule has 6 rings (SSSR count). The van der Waals surface area contributed by atoms with Crippen LogP contribution in [0.25, 0.3) is 10.2 Å². The number of ketones is 1. The predicted octanol–water partition coefficient (Wildman–Crippen LogP) is 12.8. The van der Waals surface area contributed by atoms with Gasteiger partial charge in [0, 0.05) is 17.6 Å². The van der Waals surface area contributed by atoms with Gasteiger partial charge in [-0.2, -0.15) is 22.0 Å². The first-order valence-electron chi connectivity index (χ1n) is 19.6. The maximum atomic E-state index is 15.1. The molecule has 1 N–H and O–H groups in total. The largest absolute Gasteiger partial charge is 0.456 e. The molecule has 3 fully saturated rings. The third-order valence-corrected chi connectivity index (χ3v) is 16.1. The number of aromatic nitrogens is 1. The van der Waals surface area contributed by atoms with Gasteiger partial charge in [0.25, 0.3) is 0 Å². The number of thiazole rings is 1. The number of rotatable bonds is 16. The summed E-state index contributed by atoms with van der Waals surface area (Å²) in [4.78, 5) is 17.2. The Morgan fingerprint density at radius 1 is 0.863 bits per heavy atom. The molecule has 0 amide bonds. The van der Waals surface area contributed by atoms with E-state index in [4.69, 9.17) is 4.98 Å². The molecule has 1 heterocycles. The molecule has 3 saturated carbocycles. The average molecular weight is 754 g/mol. The fourth-order valence-electron chi connectivity index (χ4n) is 10.9. The predicted molar refractivity (Wildman–Crippen MR) is 197 cm³/mol. The van der Waals surface area contributed by atoms with Crippen molar-refractivity contribution >= 4 is 39.1 Å². The van der Waals surface area contributed by atoms with Crippen molar-refractivity contribution in [2.24, 2.45) is 34.5 Å². The van der Waals surface area contributed by atoms with Crippen LogP contribution < -0.4 is 0 Å². The van der Waals surface area contributed by atoms with Crippen molar-refractivity contribution in [1.82, 2.24) is 4.98 Å². The summed E-state index contributed by atoms with van der Waals surface area (Å²) in [5.41, 5.74) is -2.60. The number of para-hydroxylation sites is 1. The van der Waals surface area contributed by atoms with Gasteiger partial charge in [0.2, 0.25) is 0 Å². The maximum Gasteiger partial charge on any atom is 0.456 e. The second-order valence-electron chi connectivity index (χ2n) is 16.7. The number of carbonyl (C=O) groups is 1. The smallest absolute Gasteiger partial charge is 0.383 e. The van der Waals surface area contributed by atoms with E-state index >= 15 is 8.78 Å². The Kier molecular flexibility index (Phi) is 12.0. The van der Waals surface area contributed by atoms with Gasteiger partial charge in [-0.1, -0.05) is 108 Å². The first-order chi connectivity index (χ1) is 24.2. The quantitative estimate of drug-likeness (QED) is 0.105. The molecule has 10 heteroatoms. The highest BCUT2D eigenvalue weighted by molar-refractivity contribution is 8.01. The van der Waals surface area contributed by atoms with Crippen molar-refractivity contribution < 1.29 is 31.9 Å². The number of hydrogen-bond acceptors (Lipinski definition) is 5. The van der Waals surface area contributed by atoms with Crippen molar-refractivity contribution in [3.05, 3.63) is 35.9 Å². The van der Waals surface area contributed by atoms with Crippen molar-refractivity contribution in [3.63, 3.8) is 0 Å². The molecule has 284 valence electrons. The Labute approximate surface area is 309 Å². The molecule has 0 spiro atoms. The molecule has 7 atom stereocenters. The van der Waals surface area contributed by atoms with Gasteiger partial charge < -0.3 is 5.11 Å². The molecule has 1 aromatic carbocycles. The molecule has 4 aliphatic rings. The number of unbranched alkanes of at least 4 members (excludes halogenated alkanes) is 10. The molecule has 0 saturated heterocycles. The summed E-state index contributed by atoms with van der Waals surface area (Å²) in [5, 5.41) is 11.3. The van der Waals surface area contributed by atoms with Gasteiger partial charge in [-0.05, 0) is 98.7 Å². The minimum Gasteiger partial charge on any atom is -0.383 e. The van der Waals surface area contributed by atoms with E-state index in [0.29, 0.717) is 25.7 Å². The summed E-state index contributed by atoms with van der Waals surface area (Å²) >= 11 is 3.65. The summed E-state index contributed by atoms with van der Waals surface area (Å²) < 4.78 is 73.8. The van der Waals surface area contributed by atoms with Crippen LogP contribution in [0.4, 0.5) is 22.0 Å². The van der Waals surface area contributed by atoms with Crippen molar-refractivity contribution in [2.45, 2.75) is 158 Å². The van der Waals surface area contributed by atoms with E-state index in [1.54, 1.807) is 11.3 Å². The zero-order valence-electron chi connectivity index (χ0n) is 30.3. The van der Waals surface area contributed by atoms with E-state index in [2.05, 4.69) is 25.1 Å². The highest BCUT2D eigenvalue weighted by Crippen LogP contribution is 2.72. The van der Waals surface area contributed by atoms with Crippen LogP contribution in [-0.2, 0) is 4.79 Å². The molecule has 0 radical (unpaired) electrons. The molecular weight excluding hydrogens is 698 g/mol. The van der Waals surface area contributed by atoms with E-state index in [-0.39, 0.29) is 41.8 Å². The van der Waals surface area contributed by atoms with Crippen molar-refractivity contribution in [3.8, 4) is 0 Å². The zero-order valence-corrected chi connectivity index (χ0v) is 32.0. The highest BCUT2D eigenvalue weighted by Gasteiger charge is 2.79. The zero-order chi connectivity index (χ0) is 36.5. The normalized spacial score (nSPS) is 32.5. The third-order valence-electron chi connectivity index (χ3n) is 13.9. The van der Waals surface area contributed by atoms with Gasteiger partial charge in [0.1, 0.15) is 5.60 Å². The summed E-state index contributed by atoms with van der Waals surface area (Å²) in [6.07, 6.45) is 12.3. The minimum absolute atomic E-state index is 0.0248. The number of halogens is 5. The SMILES string of the molecule is C[C@]12CCC(=O)C=C1C[C@@H](CCCCCCCCCCCCCSc1nc3ccccc3s1)[C@@H]1[C@@H]2CC[C@@]2(C)[C@H]1CC[C@@]2(O)C(F)(F)C(F)(F)F. The lowest BCUT2D eigenvalue weighted by Crippen LogP contribution is -2.66. The van der Waals surface area contributed by atoms with Gasteiger partial charge in [-0.25, -0.2) is 4.98 Å². The highest BCUT2D eigenvalue weighted by atomic mass is 32.2. The number of allylic oxidation sites excluding steroid dienone is 1. The summed E-state index contributed by atoms with van der Waals surface area (Å²) in [5.74, 6) is -4.06. The lowest BCUT2D eigenvalue weighted by Gasteiger charge is -2.62. The number of benzene rings is 1. The van der Waals surface area contributed by atoms with Crippen LogP contribution in [0.5, 0.6) is 0 Å². The van der Waals surface area contributed by atoms with Crippen LogP contribution in [0.3, 0.4) is 0 Å². The van der Waals surface area contributed by atoms with Gasteiger partial charge >= 0.3 is 12.1 Å². The van der Waals surface area contributed by atoms with Crippen molar-refractivity contribution in [1.29, 1.82) is 0 Å². The molecule has 2 aromatic rings. The number of carbonyl (C=O) groups excluding carboxylic acids is 1. The van der Waals surface area contributed by atoms with Crippen LogP contribution in [0.2, 0.25) is 0 Å². The van der Waals surface area contributed by atoms with Crippen LogP contribution >= 0.6 is 23.1 Å². The van der Waals surface area contributed by atoms with Gasteiger partial charge in [0.05, 0.1) is 10.2 Å². The molecule has 3 nitrogen and oxygen atoms in total. The fraction of sp³-hybridized carbons (Fsp3) is 0.756. The Morgan fingerprint density at radius 3 is 2.16 bits per heavy atom. The molecule has 0 bridgehead atoms. The fourth-order valence-corrected chi connectivity index (χ4v) is 13.1. The number of hydrogen-bond donors (Lipinski definition) is 1. The minimum atomic E-state index is -5.80. The summed E-state index contributed by atoms with van der Waals surface area (Å²) in [6, 6.07) is 8.29. The Balaban J connectivity index is 0.937.